The van der Waals surface area contributed by atoms with Gasteiger partial charge >= 0.3 is 0 Å². The lowest BCUT2D eigenvalue weighted by atomic mass is 10.2. The van der Waals surface area contributed by atoms with Crippen LogP contribution >= 0.6 is 11.6 Å². The zero-order valence-electron chi connectivity index (χ0n) is 10.0. The first-order valence-corrected chi connectivity index (χ1v) is 6.02. The quantitative estimate of drug-likeness (QED) is 0.915. The molecule has 1 heterocycles. The number of nitrogen functional groups attached to an aromatic ring is 1. The molecule has 18 heavy (non-hydrogen) atoms. The van der Waals surface area contributed by atoms with Crippen LogP contribution in [0.15, 0.2) is 30.3 Å². The minimum atomic E-state index is 0.115. The maximum absolute atomic E-state index is 5.79. The number of benzene rings is 1. The van der Waals surface area contributed by atoms with Gasteiger partial charge in [0.25, 0.3) is 0 Å². The van der Waals surface area contributed by atoms with Crippen molar-refractivity contribution < 1.29 is 0 Å². The molecule has 0 saturated carbocycles. The summed E-state index contributed by atoms with van der Waals surface area (Å²) in [6, 6.07) is 10.1. The molecule has 2 rings (SSSR count). The molecule has 0 aliphatic carbocycles. The molecule has 0 fully saturated rings. The minimum absolute atomic E-state index is 0.115. The van der Waals surface area contributed by atoms with Crippen molar-refractivity contribution in [3.8, 4) is 0 Å². The van der Waals surface area contributed by atoms with Gasteiger partial charge in [0.05, 0.1) is 0 Å². The minimum Gasteiger partial charge on any atom is -0.368 e. The van der Waals surface area contributed by atoms with Crippen molar-refractivity contribution in [1.29, 1.82) is 0 Å². The molecule has 2 aromatic rings. The molecule has 6 heteroatoms. The van der Waals surface area contributed by atoms with E-state index in [4.69, 9.17) is 17.3 Å². The number of rotatable bonds is 4. The zero-order valence-corrected chi connectivity index (χ0v) is 10.8. The zero-order chi connectivity index (χ0) is 13.0. The number of hydrogen-bond acceptors (Lipinski definition) is 5. The summed E-state index contributed by atoms with van der Waals surface area (Å²) >= 11 is 5.79. The van der Waals surface area contributed by atoms with Crippen molar-refractivity contribution in [2.24, 2.45) is 0 Å². The van der Waals surface area contributed by atoms with Gasteiger partial charge in [-0.1, -0.05) is 30.3 Å². The van der Waals surface area contributed by atoms with E-state index in [0.29, 0.717) is 12.5 Å². The molecule has 2 N–H and O–H groups in total. The maximum atomic E-state index is 5.79. The van der Waals surface area contributed by atoms with Gasteiger partial charge in [0, 0.05) is 13.1 Å². The van der Waals surface area contributed by atoms with Gasteiger partial charge in [-0.3, -0.25) is 0 Å². The monoisotopic (exact) mass is 263 g/mol. The van der Waals surface area contributed by atoms with E-state index >= 15 is 0 Å². The largest absolute Gasteiger partial charge is 0.368 e. The van der Waals surface area contributed by atoms with Crippen LogP contribution in [0, 0.1) is 0 Å². The number of aromatic nitrogens is 3. The van der Waals surface area contributed by atoms with Crippen molar-refractivity contribution >= 4 is 23.5 Å². The molecule has 1 aromatic heterocycles. The Labute approximate surface area is 111 Å². The molecule has 1 aromatic carbocycles. The summed E-state index contributed by atoms with van der Waals surface area (Å²) in [5, 5.41) is 0.115. The Morgan fingerprint density at radius 2 is 1.89 bits per heavy atom. The fourth-order valence-electron chi connectivity index (χ4n) is 1.62. The predicted octanol–water partition coefficient (Wildman–Crippen LogP) is 2.13. The van der Waals surface area contributed by atoms with E-state index in [1.165, 1.54) is 5.56 Å². The second-order valence-corrected chi connectivity index (χ2v) is 4.10. The number of nitrogens with two attached hydrogens (primary N) is 1. The van der Waals surface area contributed by atoms with Crippen LogP contribution in [0.25, 0.3) is 0 Å². The molecule has 0 radical (unpaired) electrons. The van der Waals surface area contributed by atoms with Crippen LogP contribution in [-0.4, -0.2) is 21.5 Å². The molecule has 5 nitrogen and oxygen atoms in total. The first kappa shape index (κ1) is 12.6. The van der Waals surface area contributed by atoms with E-state index in [2.05, 4.69) is 27.1 Å². The van der Waals surface area contributed by atoms with Crippen molar-refractivity contribution in [2.75, 3.05) is 17.2 Å². The SMILES string of the molecule is CCN(Cc1ccccc1)c1nc(N)nc(Cl)n1. The molecule has 0 atom stereocenters. The first-order valence-electron chi connectivity index (χ1n) is 5.65. The lowest BCUT2D eigenvalue weighted by Crippen LogP contribution is -2.25. The highest BCUT2D eigenvalue weighted by Gasteiger charge is 2.10. The van der Waals surface area contributed by atoms with Gasteiger partial charge in [0.1, 0.15) is 0 Å². The fourth-order valence-corrected chi connectivity index (χ4v) is 1.79. The van der Waals surface area contributed by atoms with Crippen LogP contribution in [0.3, 0.4) is 0 Å². The van der Waals surface area contributed by atoms with Gasteiger partial charge in [0.15, 0.2) is 0 Å². The van der Waals surface area contributed by atoms with Gasteiger partial charge < -0.3 is 10.6 Å². The normalized spacial score (nSPS) is 10.3. The number of halogens is 1. The topological polar surface area (TPSA) is 67.9 Å². The first-order chi connectivity index (χ1) is 8.69. The van der Waals surface area contributed by atoms with Crippen LogP contribution < -0.4 is 10.6 Å². The highest BCUT2D eigenvalue weighted by molar-refractivity contribution is 6.28. The van der Waals surface area contributed by atoms with Crippen molar-refractivity contribution in [3.63, 3.8) is 0 Å². The lowest BCUT2D eigenvalue weighted by Gasteiger charge is -2.20. The molecule has 94 valence electrons. The van der Waals surface area contributed by atoms with Crippen LogP contribution in [0.2, 0.25) is 5.28 Å². The van der Waals surface area contributed by atoms with E-state index in [9.17, 15) is 0 Å². The molecule has 0 aliphatic rings. The van der Waals surface area contributed by atoms with Gasteiger partial charge in [-0.25, -0.2) is 0 Å². The Morgan fingerprint density at radius 3 is 2.50 bits per heavy atom. The van der Waals surface area contributed by atoms with Gasteiger partial charge in [-0.15, -0.1) is 0 Å². The molecule has 0 bridgehead atoms. The summed E-state index contributed by atoms with van der Waals surface area (Å²) in [5.41, 5.74) is 6.75. The molecule has 0 aliphatic heterocycles. The summed E-state index contributed by atoms with van der Waals surface area (Å²) in [7, 11) is 0. The van der Waals surface area contributed by atoms with Crippen LogP contribution in [0.5, 0.6) is 0 Å². The molecule has 0 amide bonds. The Morgan fingerprint density at radius 1 is 1.17 bits per heavy atom. The van der Waals surface area contributed by atoms with Crippen molar-refractivity contribution in [1.82, 2.24) is 15.0 Å². The summed E-state index contributed by atoms with van der Waals surface area (Å²) in [4.78, 5) is 13.9. The smallest absolute Gasteiger partial charge is 0.231 e. The number of nitrogens with zero attached hydrogens (tertiary/aromatic N) is 4. The summed E-state index contributed by atoms with van der Waals surface area (Å²) < 4.78 is 0. The lowest BCUT2D eigenvalue weighted by molar-refractivity contribution is 0.786. The average molecular weight is 264 g/mol. The maximum Gasteiger partial charge on any atom is 0.231 e. The van der Waals surface area contributed by atoms with Gasteiger partial charge in [-0.05, 0) is 24.1 Å². The predicted molar refractivity (Wildman–Crippen MR) is 72.4 cm³/mol. The standard InChI is InChI=1S/C12H14ClN5/c1-2-18(8-9-6-4-3-5-7-9)12-16-10(13)15-11(14)17-12/h3-7H,2,8H2,1H3,(H2,14,15,16,17). The summed E-state index contributed by atoms with van der Waals surface area (Å²) in [6.07, 6.45) is 0. The Kier molecular flexibility index (Phi) is 3.94. The van der Waals surface area contributed by atoms with E-state index in [0.717, 1.165) is 6.54 Å². The Bertz CT molecular complexity index is 497. The molecule has 0 spiro atoms. The summed E-state index contributed by atoms with van der Waals surface area (Å²) in [6.45, 7) is 3.49. The van der Waals surface area contributed by atoms with Gasteiger partial charge in [0.2, 0.25) is 17.2 Å². The highest BCUT2D eigenvalue weighted by atomic mass is 35.5. The third kappa shape index (κ3) is 3.07. The fraction of sp³-hybridized carbons (Fsp3) is 0.250. The third-order valence-corrected chi connectivity index (χ3v) is 2.66. The molecular weight excluding hydrogens is 250 g/mol. The van der Waals surface area contributed by atoms with Crippen LogP contribution in [0.4, 0.5) is 11.9 Å². The number of hydrogen-bond donors (Lipinski definition) is 1. The van der Waals surface area contributed by atoms with Gasteiger partial charge in [-0.2, -0.15) is 15.0 Å². The Balaban J connectivity index is 2.23. The molecular formula is C12H14ClN5. The van der Waals surface area contributed by atoms with Crippen LogP contribution in [0.1, 0.15) is 12.5 Å². The van der Waals surface area contributed by atoms with E-state index in [1.54, 1.807) is 0 Å². The Hall–Kier alpha value is -1.88. The number of anilines is 2. The average Bonchev–Trinajstić information content (AvgIpc) is 2.36. The van der Waals surface area contributed by atoms with E-state index in [1.807, 2.05) is 30.0 Å². The third-order valence-electron chi connectivity index (χ3n) is 2.49. The van der Waals surface area contributed by atoms with Crippen molar-refractivity contribution in [2.45, 2.75) is 13.5 Å². The highest BCUT2D eigenvalue weighted by Crippen LogP contribution is 2.14. The molecule has 0 saturated heterocycles. The second-order valence-electron chi connectivity index (χ2n) is 3.76. The molecule has 0 unspecified atom stereocenters. The van der Waals surface area contributed by atoms with Crippen LogP contribution in [-0.2, 0) is 6.54 Å². The second kappa shape index (κ2) is 5.64. The summed E-state index contributed by atoms with van der Waals surface area (Å²) in [5.74, 6) is 0.635. The van der Waals surface area contributed by atoms with Crippen molar-refractivity contribution in [3.05, 3.63) is 41.2 Å². The van der Waals surface area contributed by atoms with E-state index in [-0.39, 0.29) is 11.2 Å². The van der Waals surface area contributed by atoms with E-state index < -0.39 is 0 Å².